The lowest BCUT2D eigenvalue weighted by Gasteiger charge is -2.43. The van der Waals surface area contributed by atoms with Crippen molar-refractivity contribution < 1.29 is 13.2 Å². The van der Waals surface area contributed by atoms with Gasteiger partial charge in [-0.05, 0) is 42.1 Å². The second-order valence-electron chi connectivity index (χ2n) is 6.75. The maximum Gasteiger partial charge on any atom is 0.241 e. The number of hydrogen-bond donors (Lipinski definition) is 0. The predicted molar refractivity (Wildman–Crippen MR) is 107 cm³/mol. The van der Waals surface area contributed by atoms with Crippen LogP contribution in [0.5, 0.6) is 0 Å². The number of sulfone groups is 1. The van der Waals surface area contributed by atoms with Gasteiger partial charge in [0.2, 0.25) is 5.91 Å². The van der Waals surface area contributed by atoms with Crippen LogP contribution in [-0.2, 0) is 21.1 Å². The van der Waals surface area contributed by atoms with Crippen LogP contribution in [0.15, 0.2) is 46.3 Å². The fraction of sp³-hybridized carbons (Fsp3) is 0.389. The Morgan fingerprint density at radius 2 is 1.85 bits per heavy atom. The van der Waals surface area contributed by atoms with Gasteiger partial charge in [0.15, 0.2) is 9.84 Å². The first-order valence-electron chi connectivity index (χ1n) is 8.47. The zero-order valence-electron chi connectivity index (χ0n) is 14.0. The molecule has 0 unspecified atom stereocenters. The summed E-state index contributed by atoms with van der Waals surface area (Å²) in [6, 6.07) is 11.1. The van der Waals surface area contributed by atoms with Crippen LogP contribution in [0.4, 0.5) is 5.69 Å². The molecule has 0 radical (unpaired) electrons. The molecule has 2 aromatic rings. The van der Waals surface area contributed by atoms with E-state index >= 15 is 0 Å². The summed E-state index contributed by atoms with van der Waals surface area (Å²) in [4.78, 5) is 17.9. The van der Waals surface area contributed by atoms with Gasteiger partial charge in [0.05, 0.1) is 24.1 Å². The van der Waals surface area contributed by atoms with Gasteiger partial charge < -0.3 is 4.90 Å². The number of hydrogen-bond acceptors (Lipinski definition) is 5. The number of thiophene rings is 1. The minimum atomic E-state index is -3.15. The van der Waals surface area contributed by atoms with Crippen LogP contribution < -0.4 is 4.90 Å². The number of anilines is 1. The summed E-state index contributed by atoms with van der Waals surface area (Å²) >= 11 is 5.09. The van der Waals surface area contributed by atoms with Crippen molar-refractivity contribution in [3.63, 3.8) is 0 Å². The molecule has 1 aromatic carbocycles. The molecule has 1 amide bonds. The molecule has 3 heterocycles. The molecular weight excluding hydrogens is 436 g/mol. The highest BCUT2D eigenvalue weighted by Crippen LogP contribution is 2.32. The fourth-order valence-electron chi connectivity index (χ4n) is 3.85. The third-order valence-corrected chi connectivity index (χ3v) is 8.20. The van der Waals surface area contributed by atoms with Crippen LogP contribution in [-0.4, -0.2) is 55.9 Å². The maximum absolute atomic E-state index is 12.9. The van der Waals surface area contributed by atoms with E-state index in [1.165, 1.54) is 4.88 Å². The summed E-state index contributed by atoms with van der Waals surface area (Å²) in [6.07, 6.45) is 0.840. The van der Waals surface area contributed by atoms with Gasteiger partial charge in [0, 0.05) is 27.6 Å². The Kier molecular flexibility index (Phi) is 4.94. The van der Waals surface area contributed by atoms with Gasteiger partial charge in [-0.3, -0.25) is 9.69 Å². The molecule has 2 aliphatic rings. The summed E-state index contributed by atoms with van der Waals surface area (Å²) < 4.78 is 25.6. The first kappa shape index (κ1) is 18.2. The van der Waals surface area contributed by atoms with Crippen molar-refractivity contribution in [3.8, 4) is 0 Å². The van der Waals surface area contributed by atoms with Crippen LogP contribution in [0.25, 0.3) is 0 Å². The summed E-state index contributed by atoms with van der Waals surface area (Å²) in [5.74, 6) is 0.133. The fourth-order valence-corrected chi connectivity index (χ4v) is 6.79. The monoisotopic (exact) mass is 454 g/mol. The SMILES string of the molecule is O=C1CN(CCc2cccs2)[C@@H]2CS(=O)(=O)C[C@@H]2N1c1ccc(Br)cc1. The number of benzene rings is 1. The molecule has 0 bridgehead atoms. The standard InChI is InChI=1S/C18H19BrN2O3S2/c19-13-3-5-14(6-4-13)21-17-12-26(23,24)11-16(17)20(10-18(21)22)8-7-15-2-1-9-25-15/h1-6,9,16-17H,7-8,10-12H2/t16-,17+/m1/s1. The molecule has 138 valence electrons. The molecule has 0 saturated carbocycles. The van der Waals surface area contributed by atoms with E-state index in [1.54, 1.807) is 16.2 Å². The van der Waals surface area contributed by atoms with E-state index < -0.39 is 9.84 Å². The lowest BCUT2D eigenvalue weighted by atomic mass is 10.0. The average Bonchev–Trinajstić information content (AvgIpc) is 3.20. The van der Waals surface area contributed by atoms with E-state index in [2.05, 4.69) is 26.9 Å². The van der Waals surface area contributed by atoms with Gasteiger partial charge in [-0.25, -0.2) is 8.42 Å². The highest BCUT2D eigenvalue weighted by molar-refractivity contribution is 9.10. The molecule has 1 aromatic heterocycles. The lowest BCUT2D eigenvalue weighted by Crippen LogP contribution is -2.62. The first-order chi connectivity index (χ1) is 12.4. The van der Waals surface area contributed by atoms with Gasteiger partial charge in [-0.2, -0.15) is 0 Å². The van der Waals surface area contributed by atoms with E-state index in [1.807, 2.05) is 35.7 Å². The smallest absolute Gasteiger partial charge is 0.241 e. The van der Waals surface area contributed by atoms with E-state index in [4.69, 9.17) is 0 Å². The normalized spacial score (nSPS) is 25.4. The van der Waals surface area contributed by atoms with Crippen molar-refractivity contribution in [2.45, 2.75) is 18.5 Å². The van der Waals surface area contributed by atoms with Crippen molar-refractivity contribution in [3.05, 3.63) is 51.1 Å². The molecule has 2 saturated heterocycles. The van der Waals surface area contributed by atoms with Crippen LogP contribution >= 0.6 is 27.3 Å². The number of rotatable bonds is 4. The number of halogens is 1. The summed E-state index contributed by atoms with van der Waals surface area (Å²) in [5, 5.41) is 2.04. The van der Waals surface area contributed by atoms with E-state index in [0.29, 0.717) is 6.54 Å². The summed E-state index contributed by atoms with van der Waals surface area (Å²) in [7, 11) is -3.15. The molecule has 2 aliphatic heterocycles. The minimum absolute atomic E-state index is 0.0307. The topological polar surface area (TPSA) is 57.7 Å². The highest BCUT2D eigenvalue weighted by Gasteiger charge is 2.49. The Labute approximate surface area is 165 Å². The zero-order valence-corrected chi connectivity index (χ0v) is 17.3. The maximum atomic E-state index is 12.9. The van der Waals surface area contributed by atoms with Crippen molar-refractivity contribution in [1.29, 1.82) is 0 Å². The Morgan fingerprint density at radius 1 is 1.12 bits per heavy atom. The van der Waals surface area contributed by atoms with Crippen molar-refractivity contribution >= 4 is 48.7 Å². The number of carbonyl (C=O) groups is 1. The van der Waals surface area contributed by atoms with Crippen LogP contribution in [0.1, 0.15) is 4.88 Å². The largest absolute Gasteiger partial charge is 0.306 e. The molecule has 0 aliphatic carbocycles. The zero-order chi connectivity index (χ0) is 18.3. The summed E-state index contributed by atoms with van der Waals surface area (Å²) in [5.41, 5.74) is 0.767. The molecule has 26 heavy (non-hydrogen) atoms. The first-order valence-corrected chi connectivity index (χ1v) is 12.0. The Hall–Kier alpha value is -1.22. The van der Waals surface area contributed by atoms with E-state index in [0.717, 1.165) is 16.6 Å². The molecule has 2 atom stereocenters. The number of amides is 1. The molecule has 2 fully saturated rings. The van der Waals surface area contributed by atoms with Gasteiger partial charge >= 0.3 is 0 Å². The Bertz CT molecular complexity index is 897. The van der Waals surface area contributed by atoms with Gasteiger partial charge in [0.25, 0.3) is 0 Å². The van der Waals surface area contributed by atoms with Crippen molar-refractivity contribution in [2.75, 3.05) is 29.5 Å². The molecule has 0 N–H and O–H groups in total. The molecular formula is C18H19BrN2O3S2. The number of nitrogens with zero attached hydrogens (tertiary/aromatic N) is 2. The van der Waals surface area contributed by atoms with E-state index in [9.17, 15) is 13.2 Å². The van der Waals surface area contributed by atoms with Crippen LogP contribution in [0.2, 0.25) is 0 Å². The minimum Gasteiger partial charge on any atom is -0.306 e. The van der Waals surface area contributed by atoms with Gasteiger partial charge in [0.1, 0.15) is 0 Å². The van der Waals surface area contributed by atoms with Crippen LogP contribution in [0, 0.1) is 0 Å². The Balaban J connectivity index is 1.60. The number of fused-ring (bicyclic) bond motifs is 1. The second kappa shape index (κ2) is 7.07. The predicted octanol–water partition coefficient (Wildman–Crippen LogP) is 2.57. The molecule has 5 nitrogen and oxygen atoms in total. The highest BCUT2D eigenvalue weighted by atomic mass is 79.9. The van der Waals surface area contributed by atoms with E-state index in [-0.39, 0.29) is 36.0 Å². The lowest BCUT2D eigenvalue weighted by molar-refractivity contribution is -0.123. The second-order valence-corrected chi connectivity index (χ2v) is 10.9. The van der Waals surface area contributed by atoms with Crippen molar-refractivity contribution in [1.82, 2.24) is 4.90 Å². The average molecular weight is 455 g/mol. The third-order valence-electron chi connectivity index (χ3n) is 5.03. The Morgan fingerprint density at radius 3 is 2.54 bits per heavy atom. The van der Waals surface area contributed by atoms with Crippen LogP contribution in [0.3, 0.4) is 0 Å². The molecule has 0 spiro atoms. The summed E-state index contributed by atoms with van der Waals surface area (Å²) in [6.45, 7) is 0.968. The number of carbonyl (C=O) groups excluding carboxylic acids is 1. The molecule has 4 rings (SSSR count). The van der Waals surface area contributed by atoms with Gasteiger partial charge in [-0.15, -0.1) is 11.3 Å². The van der Waals surface area contributed by atoms with Gasteiger partial charge in [-0.1, -0.05) is 22.0 Å². The quantitative estimate of drug-likeness (QED) is 0.711. The molecule has 8 heteroatoms. The van der Waals surface area contributed by atoms with Crippen molar-refractivity contribution in [2.24, 2.45) is 0 Å². The third kappa shape index (κ3) is 3.60. The number of piperazine rings is 1.